The van der Waals surface area contributed by atoms with E-state index in [1.807, 2.05) is 67.6 Å². The summed E-state index contributed by atoms with van der Waals surface area (Å²) in [4.78, 5) is 40.0. The third-order valence-electron chi connectivity index (χ3n) is 5.76. The summed E-state index contributed by atoms with van der Waals surface area (Å²) in [5, 5.41) is 0. The SMILES string of the molecule is CC1=C(C)[C@@H](c2ccccc2)[C@@H](C(=O)N2C(=O)OC[C@@H]2c2ccccc2)C1=O. The van der Waals surface area contributed by atoms with Gasteiger partial charge in [-0.05, 0) is 30.5 Å². The predicted octanol–water partition coefficient (Wildman–Crippen LogP) is 4.03. The summed E-state index contributed by atoms with van der Waals surface area (Å²) in [5.74, 6) is -2.03. The Morgan fingerprint density at radius 2 is 1.50 bits per heavy atom. The zero-order chi connectivity index (χ0) is 19.8. The van der Waals surface area contributed by atoms with Crippen LogP contribution < -0.4 is 0 Å². The second-order valence-corrected chi connectivity index (χ2v) is 7.25. The van der Waals surface area contributed by atoms with Crippen molar-refractivity contribution in [2.24, 2.45) is 5.92 Å². The number of carbonyl (C=O) groups is 3. The molecule has 0 spiro atoms. The molecule has 2 amide bonds. The van der Waals surface area contributed by atoms with Crippen molar-refractivity contribution in [3.8, 4) is 0 Å². The number of Topliss-reactive ketones (excluding diaryl/α,β-unsaturated/α-hetero) is 1. The highest BCUT2D eigenvalue weighted by Crippen LogP contribution is 2.44. The van der Waals surface area contributed by atoms with Gasteiger partial charge in [0.15, 0.2) is 5.78 Å². The normalized spacial score (nSPS) is 24.6. The number of cyclic esters (lactones) is 1. The van der Waals surface area contributed by atoms with Gasteiger partial charge in [-0.25, -0.2) is 9.69 Å². The molecule has 0 unspecified atom stereocenters. The molecule has 0 N–H and O–H groups in total. The Labute approximate surface area is 163 Å². The van der Waals surface area contributed by atoms with Crippen LogP contribution >= 0.6 is 0 Å². The summed E-state index contributed by atoms with van der Waals surface area (Å²) in [6.07, 6.45) is -0.694. The maximum atomic E-state index is 13.5. The maximum Gasteiger partial charge on any atom is 0.417 e. The van der Waals surface area contributed by atoms with Crippen molar-refractivity contribution in [1.82, 2.24) is 4.90 Å². The predicted molar refractivity (Wildman–Crippen MR) is 103 cm³/mol. The van der Waals surface area contributed by atoms with E-state index in [2.05, 4.69) is 0 Å². The zero-order valence-corrected chi connectivity index (χ0v) is 15.8. The van der Waals surface area contributed by atoms with E-state index in [-0.39, 0.29) is 18.3 Å². The lowest BCUT2D eigenvalue weighted by atomic mass is 9.83. The smallest absolute Gasteiger partial charge is 0.417 e. The van der Waals surface area contributed by atoms with Crippen molar-refractivity contribution in [2.45, 2.75) is 25.8 Å². The minimum absolute atomic E-state index is 0.0941. The van der Waals surface area contributed by atoms with Gasteiger partial charge >= 0.3 is 6.09 Å². The first-order valence-corrected chi connectivity index (χ1v) is 9.32. The number of ketones is 1. The van der Waals surface area contributed by atoms with E-state index in [1.54, 1.807) is 6.92 Å². The average molecular weight is 375 g/mol. The van der Waals surface area contributed by atoms with Gasteiger partial charge in [0, 0.05) is 5.92 Å². The highest BCUT2D eigenvalue weighted by Gasteiger charge is 2.50. The van der Waals surface area contributed by atoms with E-state index < -0.39 is 24.0 Å². The molecule has 5 nitrogen and oxygen atoms in total. The number of benzene rings is 2. The van der Waals surface area contributed by atoms with E-state index in [0.29, 0.717) is 5.57 Å². The Morgan fingerprint density at radius 1 is 0.929 bits per heavy atom. The number of allylic oxidation sites excluding steroid dienone is 2. The van der Waals surface area contributed by atoms with Gasteiger partial charge in [-0.15, -0.1) is 0 Å². The fourth-order valence-electron chi connectivity index (χ4n) is 4.16. The number of nitrogens with zero attached hydrogens (tertiary/aromatic N) is 1. The van der Waals surface area contributed by atoms with Crippen molar-refractivity contribution in [3.63, 3.8) is 0 Å². The first-order chi connectivity index (χ1) is 13.5. The molecule has 0 saturated carbocycles. The molecule has 2 aromatic rings. The van der Waals surface area contributed by atoms with Crippen molar-refractivity contribution in [1.29, 1.82) is 0 Å². The van der Waals surface area contributed by atoms with Gasteiger partial charge in [0.25, 0.3) is 0 Å². The lowest BCUT2D eigenvalue weighted by Gasteiger charge is -2.26. The zero-order valence-electron chi connectivity index (χ0n) is 15.8. The van der Waals surface area contributed by atoms with Gasteiger partial charge < -0.3 is 4.74 Å². The van der Waals surface area contributed by atoms with E-state index in [1.165, 1.54) is 0 Å². The minimum Gasteiger partial charge on any atom is -0.446 e. The molecule has 1 saturated heterocycles. The van der Waals surface area contributed by atoms with Crippen LogP contribution in [-0.4, -0.2) is 29.3 Å². The summed E-state index contributed by atoms with van der Waals surface area (Å²) in [5.41, 5.74) is 3.17. The molecule has 1 aliphatic heterocycles. The molecule has 4 rings (SSSR count). The van der Waals surface area contributed by atoms with Gasteiger partial charge in [-0.1, -0.05) is 66.2 Å². The fourth-order valence-corrected chi connectivity index (χ4v) is 4.16. The minimum atomic E-state index is -0.945. The summed E-state index contributed by atoms with van der Waals surface area (Å²) >= 11 is 0. The molecule has 2 aliphatic rings. The topological polar surface area (TPSA) is 63.7 Å². The van der Waals surface area contributed by atoms with Crippen molar-refractivity contribution >= 4 is 17.8 Å². The molecule has 1 fully saturated rings. The lowest BCUT2D eigenvalue weighted by molar-refractivity contribution is -0.138. The van der Waals surface area contributed by atoms with Crippen LogP contribution in [-0.2, 0) is 14.3 Å². The van der Waals surface area contributed by atoms with Crippen LogP contribution in [0.25, 0.3) is 0 Å². The molecule has 3 atom stereocenters. The highest BCUT2D eigenvalue weighted by molar-refractivity contribution is 6.16. The number of amides is 2. The Kier molecular flexibility index (Phi) is 4.59. The summed E-state index contributed by atoms with van der Waals surface area (Å²) in [6, 6.07) is 18.3. The molecule has 0 aromatic heterocycles. The van der Waals surface area contributed by atoms with E-state index in [4.69, 9.17) is 4.74 Å². The third kappa shape index (κ3) is 2.83. The molecule has 28 heavy (non-hydrogen) atoms. The van der Waals surface area contributed by atoms with Gasteiger partial charge in [-0.3, -0.25) is 9.59 Å². The van der Waals surface area contributed by atoms with Crippen LogP contribution in [0, 0.1) is 5.92 Å². The molecule has 0 bridgehead atoms. The van der Waals surface area contributed by atoms with Crippen molar-refractivity contribution < 1.29 is 19.1 Å². The van der Waals surface area contributed by atoms with Gasteiger partial charge in [0.1, 0.15) is 18.6 Å². The first-order valence-electron chi connectivity index (χ1n) is 9.32. The Hall–Kier alpha value is -3.21. The molecule has 1 aliphatic carbocycles. The van der Waals surface area contributed by atoms with Crippen molar-refractivity contribution in [2.75, 3.05) is 6.61 Å². The summed E-state index contributed by atoms with van der Waals surface area (Å²) < 4.78 is 5.18. The lowest BCUT2D eigenvalue weighted by Crippen LogP contribution is -2.42. The molecule has 0 radical (unpaired) electrons. The third-order valence-corrected chi connectivity index (χ3v) is 5.76. The fraction of sp³-hybridized carbons (Fsp3) is 0.261. The van der Waals surface area contributed by atoms with E-state index in [0.717, 1.165) is 21.6 Å². The second kappa shape index (κ2) is 7.08. The van der Waals surface area contributed by atoms with Crippen LogP contribution in [0.1, 0.15) is 36.9 Å². The Balaban J connectivity index is 1.73. The van der Waals surface area contributed by atoms with Gasteiger partial charge in [0.2, 0.25) is 5.91 Å². The van der Waals surface area contributed by atoms with Crippen LogP contribution in [0.4, 0.5) is 4.79 Å². The average Bonchev–Trinajstić information content (AvgIpc) is 3.22. The molecule has 1 heterocycles. The largest absolute Gasteiger partial charge is 0.446 e. The maximum absolute atomic E-state index is 13.5. The quantitative estimate of drug-likeness (QED) is 0.760. The van der Waals surface area contributed by atoms with E-state index >= 15 is 0 Å². The standard InChI is InChI=1S/C23H21NO4/c1-14-15(2)21(25)20(19(14)17-11-7-4-8-12-17)22(26)24-18(13-28-23(24)27)16-9-5-3-6-10-16/h3-12,18-20H,13H2,1-2H3/t18-,19+,20-/m1/s1. The van der Waals surface area contributed by atoms with Crippen LogP contribution in [0.15, 0.2) is 71.8 Å². The number of ether oxygens (including phenoxy) is 1. The van der Waals surface area contributed by atoms with Crippen LogP contribution in [0.5, 0.6) is 0 Å². The highest BCUT2D eigenvalue weighted by atomic mass is 16.6. The molecular formula is C23H21NO4. The number of hydrogen-bond acceptors (Lipinski definition) is 4. The van der Waals surface area contributed by atoms with Crippen LogP contribution in [0.2, 0.25) is 0 Å². The Bertz CT molecular complexity index is 965. The molecular weight excluding hydrogens is 354 g/mol. The first kappa shape index (κ1) is 18.2. The van der Waals surface area contributed by atoms with Gasteiger partial charge in [-0.2, -0.15) is 0 Å². The summed E-state index contributed by atoms with van der Waals surface area (Å²) in [7, 11) is 0. The van der Waals surface area contributed by atoms with E-state index in [9.17, 15) is 14.4 Å². The second-order valence-electron chi connectivity index (χ2n) is 7.25. The summed E-state index contributed by atoms with van der Waals surface area (Å²) in [6.45, 7) is 3.73. The van der Waals surface area contributed by atoms with Gasteiger partial charge in [0.05, 0.1) is 0 Å². The molecule has 2 aromatic carbocycles. The molecule has 5 heteroatoms. The number of hydrogen-bond donors (Lipinski definition) is 0. The van der Waals surface area contributed by atoms with Crippen molar-refractivity contribution in [3.05, 3.63) is 82.9 Å². The number of carbonyl (C=O) groups excluding carboxylic acids is 3. The van der Waals surface area contributed by atoms with Crippen LogP contribution in [0.3, 0.4) is 0 Å². The monoisotopic (exact) mass is 375 g/mol. The number of imide groups is 1. The molecule has 142 valence electrons. The number of rotatable bonds is 3. The Morgan fingerprint density at radius 3 is 2.11 bits per heavy atom.